The summed E-state index contributed by atoms with van der Waals surface area (Å²) in [6.07, 6.45) is 1.81. The Kier molecular flexibility index (Phi) is 3.01. The van der Waals surface area contributed by atoms with Crippen LogP contribution in [0.15, 0.2) is 35.8 Å². The predicted octanol–water partition coefficient (Wildman–Crippen LogP) is 4.62. The second kappa shape index (κ2) is 4.64. The van der Waals surface area contributed by atoms with Crippen molar-refractivity contribution in [2.75, 3.05) is 5.32 Å². The number of nitrogens with one attached hydrogen (secondary N) is 1. The maximum Gasteiger partial charge on any atom is 0.0957 e. The van der Waals surface area contributed by atoms with E-state index in [1.54, 1.807) is 22.7 Å². The SMILES string of the molecule is Clc1cc2nccc(NCc3cccs3)c2s1. The fraction of sp³-hybridized carbons (Fsp3) is 0.0833. The van der Waals surface area contributed by atoms with Crippen molar-refractivity contribution in [1.29, 1.82) is 0 Å². The van der Waals surface area contributed by atoms with Crippen LogP contribution in [-0.4, -0.2) is 4.98 Å². The van der Waals surface area contributed by atoms with Crippen LogP contribution >= 0.6 is 34.3 Å². The molecule has 17 heavy (non-hydrogen) atoms. The van der Waals surface area contributed by atoms with E-state index in [2.05, 4.69) is 27.8 Å². The number of hydrogen-bond acceptors (Lipinski definition) is 4. The van der Waals surface area contributed by atoms with Crippen LogP contribution < -0.4 is 5.32 Å². The van der Waals surface area contributed by atoms with Gasteiger partial charge in [-0.15, -0.1) is 22.7 Å². The molecule has 0 aliphatic rings. The third-order valence-electron chi connectivity index (χ3n) is 2.42. The van der Waals surface area contributed by atoms with E-state index in [0.717, 1.165) is 26.8 Å². The van der Waals surface area contributed by atoms with Gasteiger partial charge < -0.3 is 5.32 Å². The molecular weight excluding hydrogens is 272 g/mol. The molecule has 3 aromatic heterocycles. The number of hydrogen-bond donors (Lipinski definition) is 1. The first-order valence-corrected chi connectivity index (χ1v) is 7.20. The smallest absolute Gasteiger partial charge is 0.0957 e. The zero-order valence-corrected chi connectivity index (χ0v) is 11.2. The van der Waals surface area contributed by atoms with E-state index in [4.69, 9.17) is 11.6 Å². The first kappa shape index (κ1) is 11.0. The van der Waals surface area contributed by atoms with Gasteiger partial charge in [0.25, 0.3) is 0 Å². The lowest BCUT2D eigenvalue weighted by Gasteiger charge is -2.05. The molecule has 0 saturated heterocycles. The Balaban J connectivity index is 1.89. The van der Waals surface area contributed by atoms with E-state index >= 15 is 0 Å². The first-order valence-electron chi connectivity index (χ1n) is 5.13. The number of anilines is 1. The highest BCUT2D eigenvalue weighted by Crippen LogP contribution is 2.33. The van der Waals surface area contributed by atoms with Crippen LogP contribution in [0.1, 0.15) is 4.88 Å². The van der Waals surface area contributed by atoms with Gasteiger partial charge in [-0.1, -0.05) is 17.7 Å². The van der Waals surface area contributed by atoms with Crippen molar-refractivity contribution in [3.8, 4) is 0 Å². The molecule has 0 spiro atoms. The van der Waals surface area contributed by atoms with Crippen molar-refractivity contribution in [3.05, 3.63) is 45.1 Å². The van der Waals surface area contributed by atoms with E-state index in [9.17, 15) is 0 Å². The zero-order chi connectivity index (χ0) is 11.7. The highest BCUT2D eigenvalue weighted by molar-refractivity contribution is 7.23. The summed E-state index contributed by atoms with van der Waals surface area (Å²) >= 11 is 9.32. The predicted molar refractivity (Wildman–Crippen MR) is 76.3 cm³/mol. The Labute approximate surface area is 112 Å². The number of thiophene rings is 2. The molecule has 2 nitrogen and oxygen atoms in total. The van der Waals surface area contributed by atoms with Gasteiger partial charge in [-0.25, -0.2) is 0 Å². The molecule has 0 atom stereocenters. The monoisotopic (exact) mass is 280 g/mol. The summed E-state index contributed by atoms with van der Waals surface area (Å²) in [7, 11) is 0. The number of nitrogens with zero attached hydrogens (tertiary/aromatic N) is 1. The maximum absolute atomic E-state index is 6.01. The normalized spacial score (nSPS) is 10.9. The van der Waals surface area contributed by atoms with Crippen LogP contribution in [0.2, 0.25) is 4.34 Å². The summed E-state index contributed by atoms with van der Waals surface area (Å²) in [5, 5.41) is 5.51. The molecule has 1 N–H and O–H groups in total. The summed E-state index contributed by atoms with van der Waals surface area (Å²) in [4.78, 5) is 5.61. The van der Waals surface area contributed by atoms with E-state index in [1.807, 2.05) is 18.3 Å². The van der Waals surface area contributed by atoms with Gasteiger partial charge in [-0.2, -0.15) is 0 Å². The van der Waals surface area contributed by atoms with Gasteiger partial charge in [-0.3, -0.25) is 4.98 Å². The second-order valence-electron chi connectivity index (χ2n) is 3.56. The Morgan fingerprint density at radius 2 is 2.29 bits per heavy atom. The molecule has 3 heterocycles. The third-order valence-corrected chi connectivity index (χ3v) is 4.58. The lowest BCUT2D eigenvalue weighted by atomic mass is 10.3. The quantitative estimate of drug-likeness (QED) is 0.757. The van der Waals surface area contributed by atoms with Gasteiger partial charge in [0.15, 0.2) is 0 Å². The average molecular weight is 281 g/mol. The van der Waals surface area contributed by atoms with Crippen molar-refractivity contribution in [2.24, 2.45) is 0 Å². The van der Waals surface area contributed by atoms with Gasteiger partial charge in [0.05, 0.1) is 20.2 Å². The van der Waals surface area contributed by atoms with Gasteiger partial charge >= 0.3 is 0 Å². The van der Waals surface area contributed by atoms with Gasteiger partial charge in [-0.05, 0) is 23.6 Å². The minimum atomic E-state index is 0.776. The molecule has 86 valence electrons. The van der Waals surface area contributed by atoms with Crippen LogP contribution in [0.5, 0.6) is 0 Å². The highest BCUT2D eigenvalue weighted by atomic mass is 35.5. The van der Waals surface area contributed by atoms with Crippen LogP contribution in [-0.2, 0) is 6.54 Å². The highest BCUT2D eigenvalue weighted by Gasteiger charge is 2.06. The third kappa shape index (κ3) is 2.29. The molecular formula is C12H9ClN2S2. The van der Waals surface area contributed by atoms with Crippen LogP contribution in [0.4, 0.5) is 5.69 Å². The summed E-state index contributed by atoms with van der Waals surface area (Å²) in [5.41, 5.74) is 2.05. The molecule has 0 unspecified atom stereocenters. The molecule has 3 rings (SSSR count). The topological polar surface area (TPSA) is 24.9 Å². The minimum absolute atomic E-state index is 0.776. The van der Waals surface area contributed by atoms with Gasteiger partial charge in [0.1, 0.15) is 0 Å². The van der Waals surface area contributed by atoms with E-state index in [0.29, 0.717) is 0 Å². The van der Waals surface area contributed by atoms with Crippen LogP contribution in [0, 0.1) is 0 Å². The molecule has 0 fully saturated rings. The molecule has 3 aromatic rings. The average Bonchev–Trinajstić information content (AvgIpc) is 2.93. The fourth-order valence-electron chi connectivity index (χ4n) is 1.64. The lowest BCUT2D eigenvalue weighted by Crippen LogP contribution is -1.97. The number of pyridine rings is 1. The Morgan fingerprint density at radius 3 is 3.12 bits per heavy atom. The van der Waals surface area contributed by atoms with Crippen molar-refractivity contribution in [1.82, 2.24) is 4.98 Å². The molecule has 0 saturated carbocycles. The summed E-state index contributed by atoms with van der Waals surface area (Å²) in [6, 6.07) is 8.07. The van der Waals surface area contributed by atoms with Gasteiger partial charge in [0.2, 0.25) is 0 Å². The molecule has 0 aliphatic heterocycles. The van der Waals surface area contributed by atoms with Crippen LogP contribution in [0.25, 0.3) is 10.2 Å². The fourth-order valence-corrected chi connectivity index (χ4v) is 3.45. The lowest BCUT2D eigenvalue weighted by molar-refractivity contribution is 1.20. The summed E-state index contributed by atoms with van der Waals surface area (Å²) in [5.74, 6) is 0. The molecule has 0 bridgehead atoms. The summed E-state index contributed by atoms with van der Waals surface area (Å²) in [6.45, 7) is 0.840. The van der Waals surface area contributed by atoms with Crippen molar-refractivity contribution < 1.29 is 0 Å². The van der Waals surface area contributed by atoms with Crippen molar-refractivity contribution in [3.63, 3.8) is 0 Å². The second-order valence-corrected chi connectivity index (χ2v) is 6.27. The zero-order valence-electron chi connectivity index (χ0n) is 8.81. The molecule has 0 aromatic carbocycles. The Hall–Kier alpha value is -1.10. The maximum atomic E-state index is 6.01. The minimum Gasteiger partial charge on any atom is -0.379 e. The van der Waals surface area contributed by atoms with Crippen LogP contribution in [0.3, 0.4) is 0 Å². The first-order chi connectivity index (χ1) is 8.33. The molecule has 0 amide bonds. The van der Waals surface area contributed by atoms with Crippen molar-refractivity contribution in [2.45, 2.75) is 6.54 Å². The number of halogens is 1. The van der Waals surface area contributed by atoms with Crippen molar-refractivity contribution >= 4 is 50.2 Å². The van der Waals surface area contributed by atoms with E-state index < -0.39 is 0 Å². The Bertz CT molecular complexity index is 631. The van der Waals surface area contributed by atoms with E-state index in [-0.39, 0.29) is 0 Å². The van der Waals surface area contributed by atoms with E-state index in [1.165, 1.54) is 4.88 Å². The summed E-state index contributed by atoms with van der Waals surface area (Å²) < 4.78 is 1.90. The van der Waals surface area contributed by atoms with Gasteiger partial charge in [0, 0.05) is 17.6 Å². The number of rotatable bonds is 3. The number of fused-ring (bicyclic) bond motifs is 1. The largest absolute Gasteiger partial charge is 0.379 e. The molecule has 0 radical (unpaired) electrons. The Morgan fingerprint density at radius 1 is 1.35 bits per heavy atom. The number of aromatic nitrogens is 1. The standard InChI is InChI=1S/C12H9ClN2S2/c13-11-6-10-12(17-11)9(3-4-14-10)15-7-8-2-1-5-16-8/h1-6H,7H2,(H,14,15). The molecule has 0 aliphatic carbocycles. The molecule has 5 heteroatoms.